The maximum absolute atomic E-state index is 12.4. The predicted molar refractivity (Wildman–Crippen MR) is 98.2 cm³/mol. The zero-order valence-corrected chi connectivity index (χ0v) is 15.4. The van der Waals surface area contributed by atoms with Gasteiger partial charge in [-0.25, -0.2) is 9.97 Å². The van der Waals surface area contributed by atoms with Gasteiger partial charge in [-0.05, 0) is 32.2 Å². The van der Waals surface area contributed by atoms with Gasteiger partial charge >= 0.3 is 0 Å². The van der Waals surface area contributed by atoms with Crippen molar-refractivity contribution in [2.45, 2.75) is 50.6 Å². The van der Waals surface area contributed by atoms with Gasteiger partial charge in [0.2, 0.25) is 4.96 Å². The van der Waals surface area contributed by atoms with Gasteiger partial charge in [0, 0.05) is 30.1 Å². The second kappa shape index (κ2) is 6.26. The molecule has 0 N–H and O–H groups in total. The molecule has 130 valence electrons. The zero-order valence-electron chi connectivity index (χ0n) is 13.8. The molecule has 0 radical (unpaired) electrons. The van der Waals surface area contributed by atoms with Crippen molar-refractivity contribution in [3.05, 3.63) is 43.7 Å². The lowest BCUT2D eigenvalue weighted by Gasteiger charge is -2.34. The highest BCUT2D eigenvalue weighted by Crippen LogP contribution is 2.41. The second-order valence-electron chi connectivity index (χ2n) is 6.85. The van der Waals surface area contributed by atoms with Crippen LogP contribution in [0.1, 0.15) is 59.8 Å². The molecule has 1 aliphatic heterocycles. The average molecular weight is 374 g/mol. The summed E-state index contributed by atoms with van der Waals surface area (Å²) in [5.74, 6) is 0.547. The van der Waals surface area contributed by atoms with E-state index in [9.17, 15) is 4.79 Å². The number of hydrogen-bond acceptors (Lipinski definition) is 7. The number of rotatable bonds is 4. The van der Waals surface area contributed by atoms with Gasteiger partial charge in [0.1, 0.15) is 10.0 Å². The Kier molecular flexibility index (Phi) is 3.91. The van der Waals surface area contributed by atoms with Gasteiger partial charge in [0.15, 0.2) is 0 Å². The van der Waals surface area contributed by atoms with Gasteiger partial charge in [0.05, 0.1) is 11.7 Å². The monoisotopic (exact) mass is 373 g/mol. The van der Waals surface area contributed by atoms with Crippen LogP contribution in [0.4, 0.5) is 0 Å². The fourth-order valence-corrected chi connectivity index (χ4v) is 5.41. The van der Waals surface area contributed by atoms with Crippen molar-refractivity contribution < 1.29 is 0 Å². The Morgan fingerprint density at radius 2 is 2.12 bits per heavy atom. The SMILES string of the molecule is O=c1cc(CN2CCCC[C@@H]2c2nccs2)nc2sc(C3CC3)nn12. The second-order valence-corrected chi connectivity index (χ2v) is 8.76. The van der Waals surface area contributed by atoms with E-state index in [2.05, 4.69) is 15.0 Å². The van der Waals surface area contributed by atoms with Crippen LogP contribution in [-0.2, 0) is 6.54 Å². The van der Waals surface area contributed by atoms with E-state index in [0.717, 1.165) is 28.6 Å². The summed E-state index contributed by atoms with van der Waals surface area (Å²) >= 11 is 3.28. The highest BCUT2D eigenvalue weighted by Gasteiger charge is 2.29. The van der Waals surface area contributed by atoms with Crippen LogP contribution in [0, 0.1) is 0 Å². The van der Waals surface area contributed by atoms with Crippen LogP contribution in [0.25, 0.3) is 4.96 Å². The maximum Gasteiger partial charge on any atom is 0.275 e. The van der Waals surface area contributed by atoms with Crippen LogP contribution in [0.2, 0.25) is 0 Å². The minimum Gasteiger partial charge on any atom is -0.288 e. The third-order valence-corrected chi connectivity index (χ3v) is 6.90. The van der Waals surface area contributed by atoms with Crippen molar-refractivity contribution in [1.82, 2.24) is 24.5 Å². The van der Waals surface area contributed by atoms with E-state index in [1.165, 1.54) is 35.2 Å². The molecule has 0 amide bonds. The standard InChI is InChI=1S/C17H19N5OS2/c23-14-9-12(19-17-22(14)20-15(25-17)11-4-5-11)10-21-7-2-1-3-13(21)16-18-6-8-24-16/h6,8-9,11,13H,1-5,7,10H2/t13-/m1/s1. The first-order chi connectivity index (χ1) is 12.3. The minimum atomic E-state index is -0.0639. The van der Waals surface area contributed by atoms with Crippen LogP contribution < -0.4 is 5.56 Å². The van der Waals surface area contributed by atoms with Crippen molar-refractivity contribution in [3.63, 3.8) is 0 Å². The molecule has 3 aromatic heterocycles. The topological polar surface area (TPSA) is 63.4 Å². The molecule has 2 aliphatic rings. The van der Waals surface area contributed by atoms with Crippen molar-refractivity contribution >= 4 is 27.6 Å². The van der Waals surface area contributed by atoms with Gasteiger partial charge in [-0.1, -0.05) is 17.8 Å². The third kappa shape index (κ3) is 3.02. The van der Waals surface area contributed by atoms with Crippen LogP contribution in [0.5, 0.6) is 0 Å². The summed E-state index contributed by atoms with van der Waals surface area (Å²) in [4.78, 5) is 24.8. The molecule has 2 fully saturated rings. The molecule has 3 aromatic rings. The molecular formula is C17H19N5OS2. The molecule has 1 saturated heterocycles. The molecule has 1 aliphatic carbocycles. The van der Waals surface area contributed by atoms with Gasteiger partial charge in [-0.3, -0.25) is 9.69 Å². The quantitative estimate of drug-likeness (QED) is 0.703. The Morgan fingerprint density at radius 1 is 1.20 bits per heavy atom. The molecule has 25 heavy (non-hydrogen) atoms. The van der Waals surface area contributed by atoms with Crippen molar-refractivity contribution in [3.8, 4) is 0 Å². The molecule has 4 heterocycles. The minimum absolute atomic E-state index is 0.0639. The van der Waals surface area contributed by atoms with Crippen LogP contribution >= 0.6 is 22.7 Å². The van der Waals surface area contributed by atoms with Gasteiger partial charge < -0.3 is 0 Å². The van der Waals surface area contributed by atoms with Crippen molar-refractivity contribution in [1.29, 1.82) is 0 Å². The molecule has 0 unspecified atom stereocenters. The fourth-order valence-electron chi connectivity index (χ4n) is 3.51. The number of hydrogen-bond donors (Lipinski definition) is 0. The first-order valence-corrected chi connectivity index (χ1v) is 10.5. The Labute approximate surface area is 153 Å². The smallest absolute Gasteiger partial charge is 0.275 e. The first kappa shape index (κ1) is 15.6. The molecule has 5 rings (SSSR count). The summed E-state index contributed by atoms with van der Waals surface area (Å²) in [6.45, 7) is 1.73. The Bertz CT molecular complexity index is 944. The fraction of sp³-hybridized carbons (Fsp3) is 0.529. The highest BCUT2D eigenvalue weighted by molar-refractivity contribution is 7.16. The summed E-state index contributed by atoms with van der Waals surface area (Å²) < 4.78 is 1.47. The van der Waals surface area contributed by atoms with Gasteiger partial charge in [-0.15, -0.1) is 11.3 Å². The van der Waals surface area contributed by atoms with E-state index >= 15 is 0 Å². The highest BCUT2D eigenvalue weighted by atomic mass is 32.1. The molecule has 1 saturated carbocycles. The molecular weight excluding hydrogens is 354 g/mol. The summed E-state index contributed by atoms with van der Waals surface area (Å²) in [5.41, 5.74) is 0.783. The van der Waals surface area contributed by atoms with Crippen LogP contribution in [0.3, 0.4) is 0 Å². The van der Waals surface area contributed by atoms with Crippen molar-refractivity contribution in [2.75, 3.05) is 6.54 Å². The lowest BCUT2D eigenvalue weighted by Crippen LogP contribution is -2.33. The molecule has 0 spiro atoms. The number of likely N-dealkylation sites (tertiary alicyclic amines) is 1. The summed E-state index contributed by atoms with van der Waals surface area (Å²) in [7, 11) is 0. The van der Waals surface area contributed by atoms with E-state index in [1.54, 1.807) is 28.7 Å². The molecule has 0 aromatic carbocycles. The number of fused-ring (bicyclic) bond motifs is 1. The normalized spacial score (nSPS) is 21.8. The molecule has 0 bridgehead atoms. The number of piperidine rings is 1. The number of thiazole rings is 1. The third-order valence-electron chi connectivity index (χ3n) is 4.96. The van der Waals surface area contributed by atoms with E-state index in [4.69, 9.17) is 4.98 Å². The molecule has 6 nitrogen and oxygen atoms in total. The lowest BCUT2D eigenvalue weighted by atomic mass is 10.0. The Hall–Kier alpha value is -1.64. The lowest BCUT2D eigenvalue weighted by molar-refractivity contribution is 0.138. The Balaban J connectivity index is 1.45. The van der Waals surface area contributed by atoms with E-state index in [-0.39, 0.29) is 5.56 Å². The van der Waals surface area contributed by atoms with Gasteiger partial charge in [0.25, 0.3) is 5.56 Å². The largest absolute Gasteiger partial charge is 0.288 e. The van der Waals surface area contributed by atoms with Crippen LogP contribution in [0.15, 0.2) is 22.4 Å². The molecule has 8 heteroatoms. The summed E-state index contributed by atoms with van der Waals surface area (Å²) in [6.07, 6.45) is 7.79. The van der Waals surface area contributed by atoms with E-state index < -0.39 is 0 Å². The Morgan fingerprint density at radius 3 is 2.92 bits per heavy atom. The first-order valence-electron chi connectivity index (χ1n) is 8.81. The maximum atomic E-state index is 12.4. The van der Waals surface area contributed by atoms with Crippen LogP contribution in [-0.4, -0.2) is 31.0 Å². The number of nitrogens with zero attached hydrogens (tertiary/aromatic N) is 5. The average Bonchev–Trinajstić information content (AvgIpc) is 3.15. The zero-order chi connectivity index (χ0) is 16.8. The number of aromatic nitrogens is 4. The van der Waals surface area contributed by atoms with E-state index in [0.29, 0.717) is 18.5 Å². The molecule has 1 atom stereocenters. The van der Waals surface area contributed by atoms with E-state index in [1.807, 2.05) is 11.6 Å². The predicted octanol–water partition coefficient (Wildman–Crippen LogP) is 3.21. The van der Waals surface area contributed by atoms with Crippen molar-refractivity contribution in [2.24, 2.45) is 0 Å². The summed E-state index contributed by atoms with van der Waals surface area (Å²) in [5, 5.41) is 8.72. The summed E-state index contributed by atoms with van der Waals surface area (Å²) in [6, 6.07) is 1.99. The van der Waals surface area contributed by atoms with Gasteiger partial charge in [-0.2, -0.15) is 9.61 Å².